The van der Waals surface area contributed by atoms with Crippen molar-refractivity contribution in [3.63, 3.8) is 0 Å². The Morgan fingerprint density at radius 2 is 1.88 bits per heavy atom. The number of rotatable bonds is 7. The number of benzene rings is 2. The zero-order chi connectivity index (χ0) is 17.5. The van der Waals surface area contributed by atoms with Gasteiger partial charge in [-0.05, 0) is 53.2 Å². The third-order valence-corrected chi connectivity index (χ3v) is 4.53. The molecule has 0 fully saturated rings. The SMILES string of the molecule is CCCC(=O)Nc1ccc(SCc2nnnn2-c2ccccc2)cc1. The molecule has 1 amide bonds. The standard InChI is InChI=1S/C18H19N5OS/c1-2-6-18(24)19-14-9-11-16(12-10-14)25-13-17-20-21-22-23(17)15-7-4-3-5-8-15/h3-5,7-12H,2,6,13H2,1H3,(H,19,24). The van der Waals surface area contributed by atoms with Crippen LogP contribution in [0.3, 0.4) is 0 Å². The van der Waals surface area contributed by atoms with Gasteiger partial charge < -0.3 is 5.32 Å². The monoisotopic (exact) mass is 353 g/mol. The number of aromatic nitrogens is 4. The quantitative estimate of drug-likeness (QED) is 0.656. The van der Waals surface area contributed by atoms with Gasteiger partial charge in [0.15, 0.2) is 5.82 Å². The molecule has 25 heavy (non-hydrogen) atoms. The fourth-order valence-corrected chi connectivity index (χ4v) is 3.10. The average molecular weight is 353 g/mol. The highest BCUT2D eigenvalue weighted by Crippen LogP contribution is 2.24. The maximum atomic E-state index is 11.6. The van der Waals surface area contributed by atoms with E-state index in [4.69, 9.17) is 0 Å². The van der Waals surface area contributed by atoms with E-state index >= 15 is 0 Å². The van der Waals surface area contributed by atoms with Crippen molar-refractivity contribution in [2.24, 2.45) is 0 Å². The van der Waals surface area contributed by atoms with E-state index in [-0.39, 0.29) is 5.91 Å². The zero-order valence-corrected chi connectivity index (χ0v) is 14.7. The lowest BCUT2D eigenvalue weighted by Gasteiger charge is -2.06. The lowest BCUT2D eigenvalue weighted by molar-refractivity contribution is -0.116. The Labute approximate surface area is 150 Å². The number of anilines is 1. The van der Waals surface area contributed by atoms with Crippen LogP contribution in [0, 0.1) is 0 Å². The van der Waals surface area contributed by atoms with Crippen LogP contribution in [-0.2, 0) is 10.5 Å². The van der Waals surface area contributed by atoms with E-state index < -0.39 is 0 Å². The first-order valence-corrected chi connectivity index (χ1v) is 9.10. The molecule has 0 spiro atoms. The molecule has 0 aliphatic heterocycles. The number of hydrogen-bond donors (Lipinski definition) is 1. The van der Waals surface area contributed by atoms with E-state index in [1.165, 1.54) is 0 Å². The van der Waals surface area contributed by atoms with Gasteiger partial charge in [0.2, 0.25) is 5.91 Å². The minimum atomic E-state index is 0.0462. The summed E-state index contributed by atoms with van der Waals surface area (Å²) in [6.45, 7) is 1.99. The summed E-state index contributed by atoms with van der Waals surface area (Å²) in [5, 5.41) is 14.8. The molecule has 6 nitrogen and oxygen atoms in total. The normalized spacial score (nSPS) is 10.6. The fraction of sp³-hybridized carbons (Fsp3) is 0.222. The Balaban J connectivity index is 1.61. The topological polar surface area (TPSA) is 72.7 Å². The van der Waals surface area contributed by atoms with E-state index in [0.29, 0.717) is 12.2 Å². The number of para-hydroxylation sites is 1. The van der Waals surface area contributed by atoms with E-state index in [1.807, 2.05) is 61.5 Å². The number of carbonyl (C=O) groups excluding carboxylic acids is 1. The molecule has 0 radical (unpaired) electrons. The van der Waals surface area contributed by atoms with Crippen LogP contribution in [0.2, 0.25) is 0 Å². The van der Waals surface area contributed by atoms with E-state index in [1.54, 1.807) is 16.4 Å². The zero-order valence-electron chi connectivity index (χ0n) is 13.9. The summed E-state index contributed by atoms with van der Waals surface area (Å²) in [5.74, 6) is 1.49. The first-order chi connectivity index (χ1) is 12.3. The number of tetrazole rings is 1. The lowest BCUT2D eigenvalue weighted by atomic mass is 10.3. The fourth-order valence-electron chi connectivity index (χ4n) is 2.30. The van der Waals surface area contributed by atoms with E-state index in [2.05, 4.69) is 20.8 Å². The van der Waals surface area contributed by atoms with Crippen molar-refractivity contribution in [3.05, 3.63) is 60.4 Å². The van der Waals surface area contributed by atoms with Gasteiger partial charge in [-0.3, -0.25) is 4.79 Å². The average Bonchev–Trinajstić information content (AvgIpc) is 3.11. The molecule has 0 saturated heterocycles. The van der Waals surface area contributed by atoms with E-state index in [0.717, 1.165) is 28.5 Å². The Hall–Kier alpha value is -2.67. The molecule has 1 heterocycles. The van der Waals surface area contributed by atoms with Crippen molar-refractivity contribution in [3.8, 4) is 5.69 Å². The number of nitrogens with zero attached hydrogens (tertiary/aromatic N) is 4. The number of nitrogens with one attached hydrogen (secondary N) is 1. The Kier molecular flexibility index (Phi) is 5.79. The summed E-state index contributed by atoms with van der Waals surface area (Å²) >= 11 is 1.65. The molecule has 0 aliphatic carbocycles. The van der Waals surface area contributed by atoms with Crippen LogP contribution in [0.15, 0.2) is 59.5 Å². The second-order valence-electron chi connectivity index (χ2n) is 5.45. The van der Waals surface area contributed by atoms with Crippen molar-refractivity contribution in [1.82, 2.24) is 20.2 Å². The maximum Gasteiger partial charge on any atom is 0.224 e. The van der Waals surface area contributed by atoms with Gasteiger partial charge in [-0.15, -0.1) is 16.9 Å². The van der Waals surface area contributed by atoms with Crippen LogP contribution in [0.4, 0.5) is 5.69 Å². The van der Waals surface area contributed by atoms with Gasteiger partial charge in [0.05, 0.1) is 11.4 Å². The van der Waals surface area contributed by atoms with Crippen LogP contribution in [0.5, 0.6) is 0 Å². The molecule has 0 aliphatic rings. The Bertz CT molecular complexity index is 817. The minimum Gasteiger partial charge on any atom is -0.326 e. The highest BCUT2D eigenvalue weighted by atomic mass is 32.2. The number of carbonyl (C=O) groups is 1. The summed E-state index contributed by atoms with van der Waals surface area (Å²) in [7, 11) is 0. The molecule has 128 valence electrons. The molecule has 3 rings (SSSR count). The Morgan fingerprint density at radius 1 is 1.12 bits per heavy atom. The number of hydrogen-bond acceptors (Lipinski definition) is 5. The predicted molar refractivity (Wildman–Crippen MR) is 98.7 cm³/mol. The van der Waals surface area contributed by atoms with Gasteiger partial charge in [0.25, 0.3) is 0 Å². The van der Waals surface area contributed by atoms with Crippen molar-refractivity contribution >= 4 is 23.4 Å². The van der Waals surface area contributed by atoms with Crippen molar-refractivity contribution in [1.29, 1.82) is 0 Å². The first kappa shape index (κ1) is 17.2. The lowest BCUT2D eigenvalue weighted by Crippen LogP contribution is -2.10. The summed E-state index contributed by atoms with van der Waals surface area (Å²) in [5.41, 5.74) is 1.76. The van der Waals surface area contributed by atoms with Crippen molar-refractivity contribution < 1.29 is 4.79 Å². The van der Waals surface area contributed by atoms with Crippen LogP contribution in [-0.4, -0.2) is 26.1 Å². The summed E-state index contributed by atoms with van der Waals surface area (Å²) < 4.78 is 1.74. The summed E-state index contributed by atoms with van der Waals surface area (Å²) in [6.07, 6.45) is 1.38. The van der Waals surface area contributed by atoms with Crippen molar-refractivity contribution in [2.75, 3.05) is 5.32 Å². The van der Waals surface area contributed by atoms with E-state index in [9.17, 15) is 4.79 Å². The second-order valence-corrected chi connectivity index (χ2v) is 6.50. The third kappa shape index (κ3) is 4.67. The molecule has 0 atom stereocenters. The highest BCUT2D eigenvalue weighted by molar-refractivity contribution is 7.98. The molecule has 0 unspecified atom stereocenters. The van der Waals surface area contributed by atoms with Gasteiger partial charge in [0, 0.05) is 17.0 Å². The van der Waals surface area contributed by atoms with Crippen LogP contribution in [0.25, 0.3) is 5.69 Å². The summed E-state index contributed by atoms with van der Waals surface area (Å²) in [6, 6.07) is 17.6. The first-order valence-electron chi connectivity index (χ1n) is 8.11. The van der Waals surface area contributed by atoms with Crippen LogP contribution >= 0.6 is 11.8 Å². The second kappa shape index (κ2) is 8.43. The molecule has 7 heteroatoms. The molecular formula is C18H19N5OS. The molecule has 0 saturated carbocycles. The number of thioether (sulfide) groups is 1. The minimum absolute atomic E-state index is 0.0462. The van der Waals surface area contributed by atoms with Gasteiger partial charge in [0.1, 0.15) is 0 Å². The molecule has 2 aromatic carbocycles. The predicted octanol–water partition coefficient (Wildman–Crippen LogP) is 3.69. The van der Waals surface area contributed by atoms with Gasteiger partial charge in [-0.25, -0.2) is 0 Å². The van der Waals surface area contributed by atoms with Crippen LogP contribution in [0.1, 0.15) is 25.6 Å². The highest BCUT2D eigenvalue weighted by Gasteiger charge is 2.08. The molecule has 1 N–H and O–H groups in total. The smallest absolute Gasteiger partial charge is 0.224 e. The van der Waals surface area contributed by atoms with Crippen LogP contribution < -0.4 is 5.32 Å². The molecule has 3 aromatic rings. The Morgan fingerprint density at radius 3 is 2.60 bits per heavy atom. The van der Waals surface area contributed by atoms with Crippen molar-refractivity contribution in [2.45, 2.75) is 30.4 Å². The number of amides is 1. The summed E-state index contributed by atoms with van der Waals surface area (Å²) in [4.78, 5) is 12.7. The molecular weight excluding hydrogens is 334 g/mol. The van der Waals surface area contributed by atoms with Gasteiger partial charge >= 0.3 is 0 Å². The molecule has 0 bridgehead atoms. The third-order valence-electron chi connectivity index (χ3n) is 3.52. The van der Waals surface area contributed by atoms with Gasteiger partial charge in [-0.1, -0.05) is 25.1 Å². The largest absolute Gasteiger partial charge is 0.326 e. The van der Waals surface area contributed by atoms with Gasteiger partial charge in [-0.2, -0.15) is 4.68 Å². The molecule has 1 aromatic heterocycles. The maximum absolute atomic E-state index is 11.6.